The summed E-state index contributed by atoms with van der Waals surface area (Å²) in [6.07, 6.45) is 10.9. The van der Waals surface area contributed by atoms with Crippen molar-refractivity contribution in [3.8, 4) is 11.1 Å². The van der Waals surface area contributed by atoms with Crippen LogP contribution in [0.2, 0.25) is 0 Å². The number of amides is 1. The molecule has 1 saturated carbocycles. The predicted molar refractivity (Wildman–Crippen MR) is 108 cm³/mol. The van der Waals surface area contributed by atoms with Crippen LogP contribution >= 0.6 is 0 Å². The zero-order valence-corrected chi connectivity index (χ0v) is 16.1. The molecule has 0 bridgehead atoms. The molecule has 2 aromatic heterocycles. The molecule has 3 aromatic rings. The third kappa shape index (κ3) is 4.17. The molecule has 146 valence electrons. The van der Waals surface area contributed by atoms with Gasteiger partial charge in [0.2, 0.25) is 0 Å². The van der Waals surface area contributed by atoms with Crippen LogP contribution in [0.4, 0.5) is 0 Å². The number of aliphatic hydroxyl groups is 1. The molecule has 2 atom stereocenters. The van der Waals surface area contributed by atoms with Crippen LogP contribution in [0.5, 0.6) is 0 Å². The minimum Gasteiger partial charge on any atom is -0.391 e. The molecule has 1 aromatic carbocycles. The van der Waals surface area contributed by atoms with Crippen molar-refractivity contribution in [1.82, 2.24) is 19.7 Å². The number of aryl methyl sites for hydroxylation is 1. The molecule has 1 aliphatic carbocycles. The molecular formula is C22H26N4O2. The van der Waals surface area contributed by atoms with Gasteiger partial charge in [0.25, 0.3) is 5.91 Å². The zero-order valence-electron chi connectivity index (χ0n) is 16.1. The summed E-state index contributed by atoms with van der Waals surface area (Å²) >= 11 is 0. The van der Waals surface area contributed by atoms with Gasteiger partial charge in [-0.05, 0) is 30.0 Å². The number of aliphatic hydroxyl groups excluding tert-OH is 1. The van der Waals surface area contributed by atoms with E-state index in [2.05, 4.69) is 34.7 Å². The Bertz CT molecular complexity index is 942. The molecule has 0 saturated heterocycles. The fourth-order valence-corrected chi connectivity index (χ4v) is 3.79. The minimum atomic E-state index is -0.432. The Kier molecular flexibility index (Phi) is 5.30. The lowest BCUT2D eigenvalue weighted by atomic mass is 9.92. The molecule has 28 heavy (non-hydrogen) atoms. The van der Waals surface area contributed by atoms with Gasteiger partial charge in [0, 0.05) is 37.7 Å². The minimum absolute atomic E-state index is 0.114. The Morgan fingerprint density at radius 2 is 1.93 bits per heavy atom. The van der Waals surface area contributed by atoms with E-state index in [0.29, 0.717) is 12.1 Å². The third-order valence-electron chi connectivity index (χ3n) is 5.42. The average Bonchev–Trinajstić information content (AvgIpc) is 3.33. The highest BCUT2D eigenvalue weighted by Gasteiger charge is 2.25. The molecule has 6 nitrogen and oxygen atoms in total. The van der Waals surface area contributed by atoms with E-state index >= 15 is 0 Å². The Morgan fingerprint density at radius 3 is 2.64 bits per heavy atom. The molecule has 6 heteroatoms. The lowest BCUT2D eigenvalue weighted by molar-refractivity contribution is 0.0717. The van der Waals surface area contributed by atoms with Crippen molar-refractivity contribution in [1.29, 1.82) is 0 Å². The molecule has 2 N–H and O–H groups in total. The largest absolute Gasteiger partial charge is 0.391 e. The van der Waals surface area contributed by atoms with E-state index < -0.39 is 6.10 Å². The first-order chi connectivity index (χ1) is 13.6. The Morgan fingerprint density at radius 1 is 1.14 bits per heavy atom. The summed E-state index contributed by atoms with van der Waals surface area (Å²) in [5.41, 5.74) is 4.02. The van der Waals surface area contributed by atoms with Crippen LogP contribution in [0.25, 0.3) is 11.1 Å². The van der Waals surface area contributed by atoms with Gasteiger partial charge < -0.3 is 15.0 Å². The topological polar surface area (TPSA) is 72.1 Å². The second kappa shape index (κ2) is 8.02. The number of carbonyl (C=O) groups excluding carboxylic acids is 1. The fraction of sp³-hybridized carbons (Fsp3) is 0.364. The van der Waals surface area contributed by atoms with Crippen LogP contribution in [-0.4, -0.2) is 37.5 Å². The number of hydrogen-bond acceptors (Lipinski definition) is 3. The quantitative estimate of drug-likeness (QED) is 0.717. The maximum Gasteiger partial charge on any atom is 0.253 e. The summed E-state index contributed by atoms with van der Waals surface area (Å²) in [5, 5.41) is 17.2. The number of aromatic nitrogens is 3. The van der Waals surface area contributed by atoms with E-state index in [0.717, 1.165) is 42.4 Å². The van der Waals surface area contributed by atoms with Crippen molar-refractivity contribution in [2.75, 3.05) is 0 Å². The SMILES string of the molecule is Cn1cc(-c2ccc(Cn3ccc(C(=O)N[C@H]4CCCC[C@@H]4O)c3)cc2)cn1. The van der Waals surface area contributed by atoms with Crippen LogP contribution < -0.4 is 5.32 Å². The Labute approximate surface area is 164 Å². The smallest absolute Gasteiger partial charge is 0.253 e. The van der Waals surface area contributed by atoms with E-state index in [1.165, 1.54) is 0 Å². The molecule has 1 aliphatic rings. The predicted octanol–water partition coefficient (Wildman–Crippen LogP) is 2.97. The second-order valence-corrected chi connectivity index (χ2v) is 7.60. The van der Waals surface area contributed by atoms with Crippen LogP contribution in [0.3, 0.4) is 0 Å². The summed E-state index contributed by atoms with van der Waals surface area (Å²) in [6.45, 7) is 0.701. The summed E-state index contributed by atoms with van der Waals surface area (Å²) in [6, 6.07) is 10.1. The molecule has 0 aliphatic heterocycles. The number of benzene rings is 1. The third-order valence-corrected chi connectivity index (χ3v) is 5.42. The normalized spacial score (nSPS) is 19.5. The van der Waals surface area contributed by atoms with Gasteiger partial charge in [-0.2, -0.15) is 5.10 Å². The maximum absolute atomic E-state index is 12.5. The number of nitrogens with zero attached hydrogens (tertiary/aromatic N) is 3. The summed E-state index contributed by atoms with van der Waals surface area (Å²) < 4.78 is 3.80. The first kappa shape index (κ1) is 18.5. The van der Waals surface area contributed by atoms with Gasteiger partial charge in [0.1, 0.15) is 0 Å². The van der Waals surface area contributed by atoms with E-state index in [4.69, 9.17) is 0 Å². The number of hydrogen-bond donors (Lipinski definition) is 2. The van der Waals surface area contributed by atoms with Crippen LogP contribution in [0.15, 0.2) is 55.1 Å². The van der Waals surface area contributed by atoms with E-state index in [9.17, 15) is 9.90 Å². The van der Waals surface area contributed by atoms with Gasteiger partial charge in [-0.25, -0.2) is 0 Å². The number of nitrogens with one attached hydrogen (secondary N) is 1. The highest BCUT2D eigenvalue weighted by atomic mass is 16.3. The molecule has 0 unspecified atom stereocenters. The number of rotatable bonds is 5. The zero-order chi connectivity index (χ0) is 19.5. The van der Waals surface area contributed by atoms with Gasteiger partial charge in [0.15, 0.2) is 0 Å². The summed E-state index contributed by atoms with van der Waals surface area (Å²) in [4.78, 5) is 12.5. The van der Waals surface area contributed by atoms with Crippen molar-refractivity contribution < 1.29 is 9.90 Å². The molecule has 2 heterocycles. The van der Waals surface area contributed by atoms with E-state index in [-0.39, 0.29) is 11.9 Å². The monoisotopic (exact) mass is 378 g/mol. The van der Waals surface area contributed by atoms with Crippen molar-refractivity contribution in [2.45, 2.75) is 44.4 Å². The van der Waals surface area contributed by atoms with Crippen molar-refractivity contribution in [3.63, 3.8) is 0 Å². The summed E-state index contributed by atoms with van der Waals surface area (Å²) in [5.74, 6) is -0.114. The first-order valence-corrected chi connectivity index (χ1v) is 9.81. The van der Waals surface area contributed by atoms with Crippen molar-refractivity contribution in [2.24, 2.45) is 7.05 Å². The highest BCUT2D eigenvalue weighted by Crippen LogP contribution is 2.20. The molecule has 1 amide bonds. The van der Waals surface area contributed by atoms with Crippen LogP contribution in [0, 0.1) is 0 Å². The number of carbonyl (C=O) groups is 1. The van der Waals surface area contributed by atoms with Gasteiger partial charge in [-0.1, -0.05) is 37.1 Å². The average molecular weight is 378 g/mol. The van der Waals surface area contributed by atoms with Gasteiger partial charge in [-0.15, -0.1) is 0 Å². The molecule has 0 radical (unpaired) electrons. The molecule has 4 rings (SSSR count). The lowest BCUT2D eigenvalue weighted by Crippen LogP contribution is -2.44. The Balaban J connectivity index is 1.38. The summed E-state index contributed by atoms with van der Waals surface area (Å²) in [7, 11) is 1.91. The van der Waals surface area contributed by atoms with Gasteiger partial charge in [0.05, 0.1) is 23.9 Å². The van der Waals surface area contributed by atoms with Gasteiger partial charge in [-0.3, -0.25) is 9.48 Å². The Hall–Kier alpha value is -2.86. The maximum atomic E-state index is 12.5. The van der Waals surface area contributed by atoms with E-state index in [1.807, 2.05) is 42.5 Å². The first-order valence-electron chi connectivity index (χ1n) is 9.81. The van der Waals surface area contributed by atoms with Gasteiger partial charge >= 0.3 is 0 Å². The second-order valence-electron chi connectivity index (χ2n) is 7.60. The van der Waals surface area contributed by atoms with Crippen LogP contribution in [-0.2, 0) is 13.6 Å². The molecule has 1 fully saturated rings. The van der Waals surface area contributed by atoms with E-state index in [1.54, 1.807) is 4.68 Å². The fourth-order valence-electron chi connectivity index (χ4n) is 3.79. The molecule has 0 spiro atoms. The van der Waals surface area contributed by atoms with Crippen LogP contribution in [0.1, 0.15) is 41.6 Å². The van der Waals surface area contributed by atoms with Crippen molar-refractivity contribution >= 4 is 5.91 Å². The van der Waals surface area contributed by atoms with Crippen molar-refractivity contribution in [3.05, 3.63) is 66.2 Å². The standard InChI is InChI=1S/C22H26N4O2/c1-25-14-19(12-23-25)17-8-6-16(7-9-17)13-26-11-10-18(15-26)22(28)24-20-4-2-3-5-21(20)27/h6-12,14-15,20-21,27H,2-5,13H2,1H3,(H,24,28)/t20-,21-/m0/s1. The lowest BCUT2D eigenvalue weighted by Gasteiger charge is -2.28. The highest BCUT2D eigenvalue weighted by molar-refractivity contribution is 5.94. The molecular weight excluding hydrogens is 352 g/mol.